The minimum atomic E-state index is -1.14. The van der Waals surface area contributed by atoms with Gasteiger partial charge in [-0.15, -0.1) is 0 Å². The molecule has 4 rings (SSSR count). The van der Waals surface area contributed by atoms with E-state index in [1.54, 1.807) is 10.9 Å². The number of nitrogens with one attached hydrogen (secondary N) is 2. The molecule has 0 radical (unpaired) electrons. The van der Waals surface area contributed by atoms with Gasteiger partial charge in [0.25, 0.3) is 5.65 Å². The molecule has 2 aromatic heterocycles. The molecule has 4 heterocycles. The Morgan fingerprint density at radius 2 is 1.71 bits per heavy atom. The monoisotopic (exact) mass is 790 g/mol. The first-order valence-corrected chi connectivity index (χ1v) is 16.0. The third-order valence-electron chi connectivity index (χ3n) is 6.29. The third-order valence-corrected chi connectivity index (χ3v) is 9.90. The first-order chi connectivity index (χ1) is 19.4. The standard InChI is InChI=1S/C13H19O8.C10H12N4O4S.Hg/c1-7(14)18-6-11-13(20-9(3)16)10(19-8(2)15)5-12(17-4)21-11;15-1-4-6(16)7(17)10(18-4)14-3-13-5-8(14)11-2-12-9(5)19;/h5,10-13H,6H2,1-4H3;2-4,6-7,10,15-17H,1H2,(H,11,12,19);/p+1. The Labute approximate surface area is 255 Å². The number of hydrogen-bond acceptors (Lipinski definition) is 14. The average molecular weight is 789 g/mol. The second-order valence-corrected chi connectivity index (χ2v) is 13.3. The molecule has 2 saturated heterocycles. The smallest absolute Gasteiger partial charge is 0.272 e. The number of aliphatic hydroxyl groups is 3. The minimum Gasteiger partial charge on any atom is -0.394 e. The van der Waals surface area contributed by atoms with Crippen LogP contribution in [0.5, 0.6) is 0 Å². The summed E-state index contributed by atoms with van der Waals surface area (Å²) < 4.78 is 33.7. The summed E-state index contributed by atoms with van der Waals surface area (Å²) in [6.07, 6.45) is -3.78. The Hall–Kier alpha value is -2.12. The number of fused-ring (bicyclic) bond motifs is 1. The van der Waals surface area contributed by atoms with Crippen LogP contribution in [-0.2, 0) is 68.9 Å². The van der Waals surface area contributed by atoms with E-state index in [1.807, 2.05) is 0 Å². The molecular weight excluding hydrogens is 757 g/mol. The van der Waals surface area contributed by atoms with Gasteiger partial charge in [-0.1, -0.05) is 12.2 Å². The van der Waals surface area contributed by atoms with Gasteiger partial charge >= 0.3 is 145 Å². The van der Waals surface area contributed by atoms with Crippen molar-refractivity contribution in [1.82, 2.24) is 15.0 Å². The zero-order valence-electron chi connectivity index (χ0n) is 22.8. The quantitative estimate of drug-likeness (QED) is 0.0721. The van der Waals surface area contributed by atoms with Gasteiger partial charge in [-0.05, 0) is 0 Å². The fourth-order valence-corrected chi connectivity index (χ4v) is 7.24. The normalized spacial score (nSPS) is 31.2. The third kappa shape index (κ3) is 8.04. The van der Waals surface area contributed by atoms with Crippen molar-refractivity contribution in [3.63, 3.8) is 0 Å². The molecule has 9 unspecified atom stereocenters. The number of methoxy groups -OCH3 is 1. The summed E-state index contributed by atoms with van der Waals surface area (Å²) in [5, 5.41) is 28.8. The summed E-state index contributed by atoms with van der Waals surface area (Å²) >= 11 is 5.19. The Kier molecular flexibility index (Phi) is 12.1. The zero-order valence-corrected chi connectivity index (χ0v) is 29.1. The van der Waals surface area contributed by atoms with Crippen molar-refractivity contribution in [3.8, 4) is 0 Å². The van der Waals surface area contributed by atoms with E-state index in [2.05, 4.69) is 15.0 Å². The first-order valence-electron chi connectivity index (χ1n) is 12.5. The summed E-state index contributed by atoms with van der Waals surface area (Å²) in [6.45, 7) is 3.31. The zero-order chi connectivity index (χ0) is 30.4. The van der Waals surface area contributed by atoms with Crippen molar-refractivity contribution in [2.24, 2.45) is 0 Å². The minimum absolute atomic E-state index is 0.120. The maximum Gasteiger partial charge on any atom is 0.272 e. The number of hydrogen-bond donors (Lipinski definition) is 5. The van der Waals surface area contributed by atoms with E-state index >= 15 is 0 Å². The van der Waals surface area contributed by atoms with Crippen LogP contribution in [0.2, 0.25) is 3.43 Å². The molecule has 2 fully saturated rings. The molecule has 223 valence electrons. The molecule has 2 aliphatic heterocycles. The molecule has 16 nitrogen and oxygen atoms in total. The largest absolute Gasteiger partial charge is 0.394 e. The van der Waals surface area contributed by atoms with Crippen LogP contribution >= 0.6 is 12.2 Å². The van der Waals surface area contributed by atoms with Gasteiger partial charge in [0.05, 0.1) is 6.61 Å². The van der Waals surface area contributed by atoms with Crippen molar-refractivity contribution in [3.05, 3.63) is 17.3 Å². The van der Waals surface area contributed by atoms with Crippen LogP contribution in [0.25, 0.3) is 11.2 Å². The van der Waals surface area contributed by atoms with Crippen LogP contribution in [-0.4, -0.2) is 111 Å². The van der Waals surface area contributed by atoms with Gasteiger partial charge in [-0.25, -0.2) is 9.55 Å². The number of H-pyrrole nitrogens is 2. The van der Waals surface area contributed by atoms with Crippen molar-refractivity contribution in [2.45, 2.75) is 73.3 Å². The van der Waals surface area contributed by atoms with Crippen LogP contribution in [0.3, 0.4) is 0 Å². The second-order valence-electron chi connectivity index (χ2n) is 9.23. The number of imidazole rings is 1. The van der Waals surface area contributed by atoms with E-state index in [0.717, 1.165) is 0 Å². The molecule has 0 spiro atoms. The van der Waals surface area contributed by atoms with Crippen LogP contribution < -0.4 is 4.57 Å². The summed E-state index contributed by atoms with van der Waals surface area (Å²) in [4.78, 5) is 43.5. The van der Waals surface area contributed by atoms with E-state index in [1.165, 1.54) is 34.2 Å². The molecule has 41 heavy (non-hydrogen) atoms. The predicted octanol–water partition coefficient (Wildman–Crippen LogP) is -1.36. The molecule has 0 aromatic carbocycles. The number of aromatic amines is 2. The first kappa shape index (κ1) is 33.4. The van der Waals surface area contributed by atoms with Gasteiger partial charge in [-0.3, -0.25) is 9.97 Å². The van der Waals surface area contributed by atoms with E-state index in [9.17, 15) is 24.6 Å². The molecule has 9 atom stereocenters. The average Bonchev–Trinajstić information content (AvgIpc) is 3.47. The van der Waals surface area contributed by atoms with Gasteiger partial charge < -0.3 is 20.1 Å². The number of nitrogens with zero attached hydrogens (tertiary/aromatic N) is 2. The number of carbonyl (C=O) groups is 3. The number of rotatable bonds is 7. The number of carbonyl (C=O) groups excluding carboxylic acids is 3. The molecule has 5 N–H and O–H groups in total. The van der Waals surface area contributed by atoms with Crippen LogP contribution in [0, 0.1) is 4.64 Å². The van der Waals surface area contributed by atoms with Gasteiger partial charge in [0.15, 0.2) is 17.3 Å². The number of aliphatic hydroxyl groups excluding tert-OH is 3. The summed E-state index contributed by atoms with van der Waals surface area (Å²) in [5.41, 5.74) is 1.20. The van der Waals surface area contributed by atoms with Crippen molar-refractivity contribution < 1.29 is 88.8 Å². The molecule has 2 aliphatic rings. The SMILES string of the molecule is COC1OC(COC(C)=O)C(OC(C)=O)C(OC(C)=O)[CH]1[Hg].OCC1OC([n+]2c[nH]c3c(=S)nc[nH]c32)C(O)C1O. The summed E-state index contributed by atoms with van der Waals surface area (Å²) in [5.74, 6) is -1.50. The molecule has 0 amide bonds. The topological polar surface area (TPSA) is 216 Å². The van der Waals surface area contributed by atoms with E-state index < -0.39 is 67.0 Å². The Bertz CT molecular complexity index is 1280. The van der Waals surface area contributed by atoms with E-state index in [0.29, 0.717) is 15.8 Å². The molecule has 0 bridgehead atoms. The fourth-order valence-electron chi connectivity index (χ4n) is 4.44. The predicted molar refractivity (Wildman–Crippen MR) is 132 cm³/mol. The molecule has 18 heteroatoms. The van der Waals surface area contributed by atoms with Crippen LogP contribution in [0.1, 0.15) is 27.0 Å². The Morgan fingerprint density at radius 3 is 2.27 bits per heavy atom. The summed E-state index contributed by atoms with van der Waals surface area (Å²) in [6, 6.07) is 0. The molecular formula is C23H32HgN4O12S+. The maximum absolute atomic E-state index is 11.3. The van der Waals surface area contributed by atoms with E-state index in [-0.39, 0.29) is 42.8 Å². The van der Waals surface area contributed by atoms with Crippen molar-refractivity contribution in [2.75, 3.05) is 20.3 Å². The second kappa shape index (κ2) is 14.9. The molecule has 2 aromatic rings. The number of esters is 3. The van der Waals surface area contributed by atoms with Gasteiger partial charge in [0.1, 0.15) is 18.3 Å². The molecule has 0 aliphatic carbocycles. The summed E-state index contributed by atoms with van der Waals surface area (Å²) in [7, 11) is 1.48. The van der Waals surface area contributed by atoms with E-state index in [4.69, 9.17) is 45.7 Å². The maximum atomic E-state index is 11.3. The van der Waals surface area contributed by atoms with Gasteiger partial charge in [0.2, 0.25) is 11.7 Å². The Morgan fingerprint density at radius 1 is 1.05 bits per heavy atom. The number of ether oxygens (including phenoxy) is 6. The number of aromatic nitrogens is 4. The van der Waals surface area contributed by atoms with Crippen LogP contribution in [0.4, 0.5) is 0 Å². The van der Waals surface area contributed by atoms with Crippen LogP contribution in [0.15, 0.2) is 12.7 Å². The van der Waals surface area contributed by atoms with Gasteiger partial charge in [0, 0.05) is 0 Å². The Balaban J connectivity index is 0.000000227. The van der Waals surface area contributed by atoms with Crippen molar-refractivity contribution >= 4 is 41.3 Å². The molecule has 0 saturated carbocycles. The fraction of sp³-hybridized carbons (Fsp3) is 0.652. The van der Waals surface area contributed by atoms with Crippen molar-refractivity contribution in [1.29, 1.82) is 0 Å². The van der Waals surface area contributed by atoms with Gasteiger partial charge in [-0.2, -0.15) is 0 Å².